The number of nitrogens with one attached hydrogen (secondary N) is 1. The van der Waals surface area contributed by atoms with Crippen molar-refractivity contribution in [3.8, 4) is 0 Å². The van der Waals surface area contributed by atoms with Gasteiger partial charge in [-0.2, -0.15) is 5.10 Å². The van der Waals surface area contributed by atoms with E-state index in [-0.39, 0.29) is 4.90 Å². The lowest BCUT2D eigenvalue weighted by Gasteiger charge is -2.01. The lowest BCUT2D eigenvalue weighted by molar-refractivity contribution is 0.588. The van der Waals surface area contributed by atoms with Crippen LogP contribution in [0.3, 0.4) is 0 Å². The molecule has 0 atom stereocenters. The summed E-state index contributed by atoms with van der Waals surface area (Å²) in [6.45, 7) is 0. The topological polar surface area (TPSA) is 96.9 Å². The highest BCUT2D eigenvalue weighted by molar-refractivity contribution is 8.13. The molecule has 0 saturated heterocycles. The van der Waals surface area contributed by atoms with Crippen LogP contribution in [0.25, 0.3) is 0 Å². The number of nitrogens with zero attached hydrogens (tertiary/aromatic N) is 2. The van der Waals surface area contributed by atoms with Gasteiger partial charge in [0.1, 0.15) is 0 Å². The predicted molar refractivity (Wildman–Crippen MR) is 99.6 cm³/mol. The van der Waals surface area contributed by atoms with Crippen LogP contribution in [0.15, 0.2) is 69.7 Å². The lowest BCUT2D eigenvalue weighted by Crippen LogP contribution is -2.18. The van der Waals surface area contributed by atoms with Crippen LogP contribution < -0.4 is 10.5 Å². The number of rotatable bonds is 6. The fraction of sp³-hybridized carbons (Fsp3) is 0.125. The molecule has 0 fully saturated rings. The summed E-state index contributed by atoms with van der Waals surface area (Å²) >= 11 is 1.40. The van der Waals surface area contributed by atoms with Crippen LogP contribution in [0.5, 0.6) is 0 Å². The van der Waals surface area contributed by atoms with E-state index in [1.807, 2.05) is 30.3 Å². The van der Waals surface area contributed by atoms with Crippen molar-refractivity contribution < 1.29 is 8.42 Å². The number of nitrogens with two attached hydrogens (primary N) is 1. The number of thioether (sulfide) groups is 1. The molecule has 0 aromatic heterocycles. The number of hydrogen-bond donors (Lipinski definition) is 2. The van der Waals surface area contributed by atoms with E-state index in [2.05, 4.69) is 14.9 Å². The van der Waals surface area contributed by atoms with Gasteiger partial charge in [-0.1, -0.05) is 54.2 Å². The lowest BCUT2D eigenvalue weighted by atomic mass is 10.2. The van der Waals surface area contributed by atoms with Crippen LogP contribution in [0.2, 0.25) is 0 Å². The minimum absolute atomic E-state index is 0.198. The summed E-state index contributed by atoms with van der Waals surface area (Å²) in [5.74, 6) is 0.724. The average Bonchev–Trinajstić information content (AvgIpc) is 2.61. The Morgan fingerprint density at radius 1 is 1.17 bits per heavy atom. The molecule has 0 spiro atoms. The minimum atomic E-state index is -3.43. The van der Waals surface area contributed by atoms with Crippen molar-refractivity contribution >= 4 is 33.2 Å². The van der Waals surface area contributed by atoms with Crippen molar-refractivity contribution in [2.24, 2.45) is 15.9 Å². The van der Waals surface area contributed by atoms with Gasteiger partial charge < -0.3 is 5.73 Å². The summed E-state index contributed by atoms with van der Waals surface area (Å²) < 4.78 is 25.5. The van der Waals surface area contributed by atoms with Crippen LogP contribution in [0.1, 0.15) is 11.1 Å². The summed E-state index contributed by atoms with van der Waals surface area (Å²) in [6.07, 6.45) is 1.52. The maximum Gasteiger partial charge on any atom is 0.240 e. The van der Waals surface area contributed by atoms with Gasteiger partial charge in [-0.25, -0.2) is 13.1 Å². The first kappa shape index (κ1) is 18.2. The van der Waals surface area contributed by atoms with Crippen LogP contribution >= 0.6 is 11.8 Å². The SMILES string of the molecule is CNS(=O)(=O)c1ccc(C=NN=C(N)SCc2ccccc2)cc1. The zero-order valence-corrected chi connectivity index (χ0v) is 14.7. The minimum Gasteiger partial charge on any atom is -0.377 e. The van der Waals surface area contributed by atoms with Crippen molar-refractivity contribution in [1.29, 1.82) is 0 Å². The standard InChI is InChI=1S/C16H18N4O2S2/c1-18-24(21,22)15-9-7-13(8-10-15)11-19-20-16(17)23-12-14-5-3-2-4-6-14/h2-11,18H,12H2,1H3,(H2,17,20). The molecule has 0 bridgehead atoms. The largest absolute Gasteiger partial charge is 0.377 e. The zero-order chi connectivity index (χ0) is 17.4. The maximum absolute atomic E-state index is 11.6. The Morgan fingerprint density at radius 3 is 2.46 bits per heavy atom. The van der Waals surface area contributed by atoms with E-state index in [1.54, 1.807) is 12.1 Å². The Bertz CT molecular complexity index is 817. The molecule has 2 rings (SSSR count). The van der Waals surface area contributed by atoms with Crippen molar-refractivity contribution in [2.75, 3.05) is 7.05 Å². The highest BCUT2D eigenvalue weighted by atomic mass is 32.2. The van der Waals surface area contributed by atoms with Crippen LogP contribution in [-0.2, 0) is 15.8 Å². The quantitative estimate of drug-likeness (QED) is 0.467. The van der Waals surface area contributed by atoms with Crippen molar-refractivity contribution in [3.63, 3.8) is 0 Å². The number of hydrogen-bond acceptors (Lipinski definition) is 5. The Balaban J connectivity index is 1.93. The molecular formula is C16H18N4O2S2. The normalized spacial score (nSPS) is 12.6. The van der Waals surface area contributed by atoms with E-state index in [0.29, 0.717) is 5.17 Å². The van der Waals surface area contributed by atoms with Gasteiger partial charge in [-0.15, -0.1) is 5.10 Å². The molecule has 126 valence electrons. The molecule has 3 N–H and O–H groups in total. The Morgan fingerprint density at radius 2 is 1.83 bits per heavy atom. The van der Waals surface area contributed by atoms with E-state index in [0.717, 1.165) is 16.9 Å². The smallest absolute Gasteiger partial charge is 0.240 e. The van der Waals surface area contributed by atoms with Crippen LogP contribution in [0, 0.1) is 0 Å². The van der Waals surface area contributed by atoms with Crippen molar-refractivity contribution in [1.82, 2.24) is 4.72 Å². The van der Waals surface area contributed by atoms with Gasteiger partial charge in [-0.05, 0) is 30.3 Å². The van der Waals surface area contributed by atoms with Gasteiger partial charge >= 0.3 is 0 Å². The van der Waals surface area contributed by atoms with Gasteiger partial charge in [0.2, 0.25) is 10.0 Å². The third kappa shape index (κ3) is 5.48. The van der Waals surface area contributed by atoms with E-state index in [9.17, 15) is 8.42 Å². The fourth-order valence-corrected chi connectivity index (χ4v) is 3.11. The molecule has 6 nitrogen and oxygen atoms in total. The number of sulfonamides is 1. The molecule has 0 radical (unpaired) electrons. The van der Waals surface area contributed by atoms with Gasteiger partial charge in [0.25, 0.3) is 0 Å². The molecule has 0 aliphatic heterocycles. The summed E-state index contributed by atoms with van der Waals surface area (Å²) in [4.78, 5) is 0.198. The maximum atomic E-state index is 11.6. The first-order valence-corrected chi connectivity index (χ1v) is 9.55. The summed E-state index contributed by atoms with van der Waals surface area (Å²) in [5.41, 5.74) is 7.69. The highest BCUT2D eigenvalue weighted by Crippen LogP contribution is 2.12. The first-order valence-electron chi connectivity index (χ1n) is 7.08. The van der Waals surface area contributed by atoms with Gasteiger partial charge in [-0.3, -0.25) is 0 Å². The third-order valence-corrected chi connectivity index (χ3v) is 5.34. The predicted octanol–water partition coefficient (Wildman–Crippen LogP) is 2.18. The average molecular weight is 362 g/mol. The van der Waals surface area contributed by atoms with E-state index in [4.69, 9.17) is 5.73 Å². The zero-order valence-electron chi connectivity index (χ0n) is 13.1. The van der Waals surface area contributed by atoms with Crippen molar-refractivity contribution in [3.05, 3.63) is 65.7 Å². The molecule has 0 unspecified atom stereocenters. The number of amidine groups is 1. The molecule has 2 aromatic rings. The van der Waals surface area contributed by atoms with E-state index in [1.165, 1.54) is 37.2 Å². The fourth-order valence-electron chi connectivity index (χ4n) is 1.76. The molecule has 0 aliphatic carbocycles. The second kappa shape index (κ2) is 8.62. The van der Waals surface area contributed by atoms with Gasteiger partial charge in [0, 0.05) is 5.75 Å². The van der Waals surface area contributed by atoms with E-state index < -0.39 is 10.0 Å². The van der Waals surface area contributed by atoms with Gasteiger partial charge in [0.05, 0.1) is 11.1 Å². The second-order valence-electron chi connectivity index (χ2n) is 4.73. The molecule has 0 amide bonds. The molecule has 24 heavy (non-hydrogen) atoms. The van der Waals surface area contributed by atoms with Crippen LogP contribution in [0.4, 0.5) is 0 Å². The Hall–Kier alpha value is -2.16. The van der Waals surface area contributed by atoms with Gasteiger partial charge in [0.15, 0.2) is 5.17 Å². The molecule has 0 heterocycles. The monoisotopic (exact) mass is 362 g/mol. The highest BCUT2D eigenvalue weighted by Gasteiger charge is 2.09. The summed E-state index contributed by atoms with van der Waals surface area (Å²) in [7, 11) is -2.06. The molecule has 0 saturated carbocycles. The summed E-state index contributed by atoms with van der Waals surface area (Å²) in [6, 6.07) is 16.2. The Kier molecular flexibility index (Phi) is 6.53. The summed E-state index contributed by atoms with van der Waals surface area (Å²) in [5, 5.41) is 8.20. The molecule has 2 aromatic carbocycles. The molecule has 8 heteroatoms. The van der Waals surface area contributed by atoms with Crippen molar-refractivity contribution in [2.45, 2.75) is 10.6 Å². The van der Waals surface area contributed by atoms with Crippen LogP contribution in [-0.4, -0.2) is 26.8 Å². The number of benzene rings is 2. The Labute approximate surface area is 145 Å². The first-order chi connectivity index (χ1) is 11.5. The third-order valence-electron chi connectivity index (χ3n) is 3.05. The second-order valence-corrected chi connectivity index (χ2v) is 7.62. The van der Waals surface area contributed by atoms with E-state index >= 15 is 0 Å². The molecular weight excluding hydrogens is 344 g/mol. The molecule has 0 aliphatic rings.